The van der Waals surface area contributed by atoms with Crippen molar-refractivity contribution in [2.75, 3.05) is 18.4 Å². The van der Waals surface area contributed by atoms with E-state index in [0.29, 0.717) is 29.4 Å². The molecule has 0 atom stereocenters. The average molecular weight is 431 g/mol. The van der Waals surface area contributed by atoms with E-state index in [-0.39, 0.29) is 17.5 Å². The zero-order valence-electron chi connectivity index (χ0n) is 14.9. The van der Waals surface area contributed by atoms with E-state index in [2.05, 4.69) is 10.2 Å². The van der Waals surface area contributed by atoms with Gasteiger partial charge in [-0.05, 0) is 61.8 Å². The molecule has 1 fully saturated rings. The largest absolute Gasteiger partial charge is 0.416 e. The van der Waals surface area contributed by atoms with E-state index in [1.165, 1.54) is 12.1 Å². The van der Waals surface area contributed by atoms with Crippen molar-refractivity contribution < 1.29 is 18.0 Å². The SMILES string of the molecule is O=C(Nc1cccc(C(F)(F)F)c1)C1CCN(Cc2ccc(Cl)c(Cl)c2)CC1. The Morgan fingerprint density at radius 2 is 1.79 bits per heavy atom. The van der Waals surface area contributed by atoms with Crippen LogP contribution in [0.3, 0.4) is 0 Å². The van der Waals surface area contributed by atoms with Crippen molar-refractivity contribution in [3.8, 4) is 0 Å². The van der Waals surface area contributed by atoms with Crippen molar-refractivity contribution in [3.63, 3.8) is 0 Å². The van der Waals surface area contributed by atoms with E-state index in [0.717, 1.165) is 30.8 Å². The number of alkyl halides is 3. The number of halogens is 5. The topological polar surface area (TPSA) is 32.3 Å². The summed E-state index contributed by atoms with van der Waals surface area (Å²) in [5, 5.41) is 3.63. The van der Waals surface area contributed by atoms with Crippen LogP contribution in [-0.2, 0) is 17.5 Å². The summed E-state index contributed by atoms with van der Waals surface area (Å²) in [6.07, 6.45) is -3.14. The van der Waals surface area contributed by atoms with Gasteiger partial charge in [0.05, 0.1) is 15.6 Å². The predicted molar refractivity (Wildman–Crippen MR) is 105 cm³/mol. The van der Waals surface area contributed by atoms with Crippen LogP contribution >= 0.6 is 23.2 Å². The normalized spacial score (nSPS) is 16.2. The summed E-state index contributed by atoms with van der Waals surface area (Å²) in [5.74, 6) is -0.465. The van der Waals surface area contributed by atoms with Crippen molar-refractivity contribution >= 4 is 34.8 Å². The monoisotopic (exact) mass is 430 g/mol. The molecule has 8 heteroatoms. The molecule has 0 aliphatic carbocycles. The van der Waals surface area contributed by atoms with Gasteiger partial charge in [-0.25, -0.2) is 0 Å². The van der Waals surface area contributed by atoms with Gasteiger partial charge in [0.15, 0.2) is 0 Å². The second-order valence-corrected chi connectivity index (χ2v) is 7.68. The van der Waals surface area contributed by atoms with Crippen LogP contribution in [0.5, 0.6) is 0 Å². The number of nitrogens with one attached hydrogen (secondary N) is 1. The lowest BCUT2D eigenvalue weighted by molar-refractivity contribution is -0.137. The molecule has 2 aromatic carbocycles. The van der Waals surface area contributed by atoms with E-state index in [1.54, 1.807) is 6.07 Å². The molecule has 0 spiro atoms. The van der Waals surface area contributed by atoms with Gasteiger partial charge in [0.25, 0.3) is 0 Å². The van der Waals surface area contributed by atoms with Gasteiger partial charge in [0.1, 0.15) is 0 Å². The first-order valence-corrected chi connectivity index (χ1v) is 9.62. The van der Waals surface area contributed by atoms with Gasteiger partial charge in [-0.3, -0.25) is 9.69 Å². The number of benzene rings is 2. The molecule has 1 heterocycles. The second-order valence-electron chi connectivity index (χ2n) is 6.87. The van der Waals surface area contributed by atoms with Gasteiger partial charge in [-0.1, -0.05) is 35.3 Å². The summed E-state index contributed by atoms with van der Waals surface area (Å²) in [6, 6.07) is 10.2. The van der Waals surface area contributed by atoms with Crippen molar-refractivity contribution in [1.82, 2.24) is 4.90 Å². The first-order chi connectivity index (χ1) is 13.2. The van der Waals surface area contributed by atoms with Gasteiger partial charge < -0.3 is 5.32 Å². The molecule has 1 amide bonds. The first kappa shape index (κ1) is 21.0. The molecular weight excluding hydrogens is 412 g/mol. The molecule has 2 aromatic rings. The molecule has 0 aromatic heterocycles. The molecule has 0 radical (unpaired) electrons. The lowest BCUT2D eigenvalue weighted by Crippen LogP contribution is -2.37. The zero-order valence-corrected chi connectivity index (χ0v) is 16.4. The third kappa shape index (κ3) is 5.40. The average Bonchev–Trinajstić information content (AvgIpc) is 2.65. The minimum Gasteiger partial charge on any atom is -0.326 e. The Balaban J connectivity index is 1.53. The molecule has 0 unspecified atom stereocenters. The molecule has 1 aliphatic rings. The van der Waals surface area contributed by atoms with Crippen LogP contribution < -0.4 is 5.32 Å². The van der Waals surface area contributed by atoms with Gasteiger partial charge in [0, 0.05) is 18.2 Å². The number of amides is 1. The highest BCUT2D eigenvalue weighted by molar-refractivity contribution is 6.42. The maximum Gasteiger partial charge on any atom is 0.416 e. The van der Waals surface area contributed by atoms with Gasteiger partial charge >= 0.3 is 6.18 Å². The number of carbonyl (C=O) groups excluding carboxylic acids is 1. The van der Waals surface area contributed by atoms with Crippen molar-refractivity contribution in [1.29, 1.82) is 0 Å². The molecule has 1 aliphatic heterocycles. The van der Waals surface area contributed by atoms with Crippen molar-refractivity contribution in [2.45, 2.75) is 25.6 Å². The molecule has 3 nitrogen and oxygen atoms in total. The number of rotatable bonds is 4. The highest BCUT2D eigenvalue weighted by Gasteiger charge is 2.31. The number of carbonyl (C=O) groups is 1. The van der Waals surface area contributed by atoms with Crippen molar-refractivity contribution in [2.24, 2.45) is 5.92 Å². The van der Waals surface area contributed by atoms with Crippen LogP contribution in [-0.4, -0.2) is 23.9 Å². The lowest BCUT2D eigenvalue weighted by atomic mass is 9.95. The van der Waals surface area contributed by atoms with Crippen LogP contribution in [0.1, 0.15) is 24.0 Å². The Labute approximate surface area is 171 Å². The fourth-order valence-electron chi connectivity index (χ4n) is 3.27. The minimum atomic E-state index is -4.43. The number of anilines is 1. The number of likely N-dealkylation sites (tertiary alicyclic amines) is 1. The third-order valence-corrected chi connectivity index (χ3v) is 5.55. The predicted octanol–water partition coefficient (Wildman–Crippen LogP) is 5.86. The van der Waals surface area contributed by atoms with E-state index in [1.807, 2.05) is 12.1 Å². The van der Waals surface area contributed by atoms with E-state index in [9.17, 15) is 18.0 Å². The van der Waals surface area contributed by atoms with Crippen molar-refractivity contribution in [3.05, 3.63) is 63.6 Å². The summed E-state index contributed by atoms with van der Waals surface area (Å²) < 4.78 is 38.4. The van der Waals surface area contributed by atoms with E-state index < -0.39 is 11.7 Å². The highest BCUT2D eigenvalue weighted by Crippen LogP contribution is 2.31. The summed E-state index contributed by atoms with van der Waals surface area (Å²) >= 11 is 12.0. The standard InChI is InChI=1S/C20H19Cl2F3N2O/c21-17-5-4-13(10-18(17)22)12-27-8-6-14(7-9-27)19(28)26-16-3-1-2-15(11-16)20(23,24)25/h1-5,10-11,14H,6-9,12H2,(H,26,28). The molecule has 1 saturated heterocycles. The maximum atomic E-state index is 12.8. The van der Waals surface area contributed by atoms with Crippen LogP contribution in [0.15, 0.2) is 42.5 Å². The fraction of sp³-hybridized carbons (Fsp3) is 0.350. The Morgan fingerprint density at radius 3 is 2.43 bits per heavy atom. The molecule has 3 rings (SSSR count). The molecule has 150 valence electrons. The van der Waals surface area contributed by atoms with Gasteiger partial charge in [-0.15, -0.1) is 0 Å². The summed E-state index contributed by atoms with van der Waals surface area (Å²) in [5.41, 5.74) is 0.432. The smallest absolute Gasteiger partial charge is 0.326 e. The van der Waals surface area contributed by atoms with Crippen LogP contribution in [0.2, 0.25) is 10.0 Å². The Bertz CT molecular complexity index is 850. The first-order valence-electron chi connectivity index (χ1n) is 8.87. The van der Waals surface area contributed by atoms with Crippen LogP contribution in [0.4, 0.5) is 18.9 Å². The summed E-state index contributed by atoms with van der Waals surface area (Å²) in [4.78, 5) is 14.6. The van der Waals surface area contributed by atoms with E-state index in [4.69, 9.17) is 23.2 Å². The van der Waals surface area contributed by atoms with Crippen LogP contribution in [0.25, 0.3) is 0 Å². The van der Waals surface area contributed by atoms with Gasteiger partial charge in [0.2, 0.25) is 5.91 Å². The quantitative estimate of drug-likeness (QED) is 0.658. The Morgan fingerprint density at radius 1 is 1.07 bits per heavy atom. The third-order valence-electron chi connectivity index (χ3n) is 4.81. The molecular formula is C20H19Cl2F3N2O. The highest BCUT2D eigenvalue weighted by atomic mass is 35.5. The molecule has 28 heavy (non-hydrogen) atoms. The summed E-state index contributed by atoms with van der Waals surface area (Å²) in [7, 11) is 0. The van der Waals surface area contributed by atoms with Crippen LogP contribution in [0, 0.1) is 5.92 Å². The summed E-state index contributed by atoms with van der Waals surface area (Å²) in [6.45, 7) is 2.15. The minimum absolute atomic E-state index is 0.165. The Hall–Kier alpha value is -1.76. The Kier molecular flexibility index (Phi) is 6.53. The maximum absolute atomic E-state index is 12.8. The zero-order chi connectivity index (χ0) is 20.3. The second kappa shape index (κ2) is 8.72. The lowest BCUT2D eigenvalue weighted by Gasteiger charge is -2.31. The number of piperidine rings is 1. The molecule has 1 N–H and O–H groups in total. The molecule has 0 saturated carbocycles. The van der Waals surface area contributed by atoms with E-state index >= 15 is 0 Å². The fourth-order valence-corrected chi connectivity index (χ4v) is 3.59. The number of nitrogens with zero attached hydrogens (tertiary/aromatic N) is 1. The number of hydrogen-bond donors (Lipinski definition) is 1. The number of hydrogen-bond acceptors (Lipinski definition) is 2. The molecule has 0 bridgehead atoms. The van der Waals surface area contributed by atoms with Gasteiger partial charge in [-0.2, -0.15) is 13.2 Å².